The van der Waals surface area contributed by atoms with Gasteiger partial charge in [-0.1, -0.05) is 42.5 Å². The van der Waals surface area contributed by atoms with E-state index >= 15 is 0 Å². The standard InChI is InChI=1S/C24H16N2O5S.C8H6O3/c27-23-22(15-7-8-18-19(12-15)26-32-25-18)17(24(28,31-23)16-4-2-1-3-5-16)10-14-6-9-20-21(11-14)30-13-29-20;9-4-6-1-2-7-8(3-6)11-5-10-7/h1-9,11-12,28H,10,13H2;1-4H,5H2. The Morgan fingerprint density at radius 2 is 1.49 bits per heavy atom. The first-order chi connectivity index (χ1) is 21.0. The number of hydrogen-bond donors (Lipinski definition) is 1. The van der Waals surface area contributed by atoms with Gasteiger partial charge in [0.1, 0.15) is 17.3 Å². The van der Waals surface area contributed by atoms with Crippen molar-refractivity contribution in [2.24, 2.45) is 0 Å². The molecular weight excluding hydrogens is 572 g/mol. The summed E-state index contributed by atoms with van der Waals surface area (Å²) in [7, 11) is 0. The summed E-state index contributed by atoms with van der Waals surface area (Å²) < 4.78 is 35.2. The van der Waals surface area contributed by atoms with Gasteiger partial charge < -0.3 is 28.8 Å². The highest BCUT2D eigenvalue weighted by Crippen LogP contribution is 2.45. The van der Waals surface area contributed by atoms with Gasteiger partial charge in [-0.25, -0.2) is 4.79 Å². The number of esters is 1. The van der Waals surface area contributed by atoms with E-state index in [1.807, 2.05) is 30.3 Å². The van der Waals surface area contributed by atoms with Crippen LogP contribution in [0.1, 0.15) is 27.0 Å². The van der Waals surface area contributed by atoms with E-state index in [1.165, 1.54) is 0 Å². The third-order valence-corrected chi connectivity index (χ3v) is 7.77. The smallest absolute Gasteiger partial charge is 0.342 e. The molecule has 1 aromatic heterocycles. The fraction of sp³-hybridized carbons (Fsp3) is 0.125. The number of ether oxygens (including phenoxy) is 5. The third kappa shape index (κ3) is 4.94. The molecule has 1 N–H and O–H groups in total. The summed E-state index contributed by atoms with van der Waals surface area (Å²) >= 11 is 1.11. The number of cyclic esters (lactones) is 1. The molecule has 11 heteroatoms. The van der Waals surface area contributed by atoms with Crippen LogP contribution in [-0.4, -0.2) is 39.7 Å². The van der Waals surface area contributed by atoms with E-state index in [4.69, 9.17) is 23.7 Å². The number of fused-ring (bicyclic) bond motifs is 3. The van der Waals surface area contributed by atoms with Crippen molar-refractivity contribution in [1.82, 2.24) is 8.75 Å². The molecule has 43 heavy (non-hydrogen) atoms. The maximum absolute atomic E-state index is 13.1. The summed E-state index contributed by atoms with van der Waals surface area (Å²) in [6, 6.07) is 25.0. The SMILES string of the molecule is O=C1OC(O)(c2ccccc2)C(Cc2ccc3c(c2)OCO3)=C1c1ccc2nsnc2c1.O=Cc1ccc2c(c1)OCO2. The van der Waals surface area contributed by atoms with Crippen LogP contribution in [-0.2, 0) is 21.7 Å². The summed E-state index contributed by atoms with van der Waals surface area (Å²) in [5, 5.41) is 11.7. The van der Waals surface area contributed by atoms with Gasteiger partial charge >= 0.3 is 5.97 Å². The number of carbonyl (C=O) groups excluding carboxylic acids is 2. The summed E-state index contributed by atoms with van der Waals surface area (Å²) in [4.78, 5) is 23.4. The second-order valence-corrected chi connectivity index (χ2v) is 10.3. The number of aromatic nitrogens is 2. The van der Waals surface area contributed by atoms with Crippen molar-refractivity contribution in [3.63, 3.8) is 0 Å². The average Bonchev–Trinajstić information content (AvgIpc) is 3.84. The molecule has 0 aliphatic carbocycles. The van der Waals surface area contributed by atoms with Crippen molar-refractivity contribution in [3.8, 4) is 23.0 Å². The summed E-state index contributed by atoms with van der Waals surface area (Å²) in [6.07, 6.45) is 1.05. The van der Waals surface area contributed by atoms with E-state index in [0.717, 1.165) is 29.1 Å². The monoisotopic (exact) mass is 594 g/mol. The van der Waals surface area contributed by atoms with Gasteiger partial charge in [-0.05, 0) is 53.6 Å². The molecule has 4 heterocycles. The molecule has 0 radical (unpaired) electrons. The van der Waals surface area contributed by atoms with Gasteiger partial charge in [0.25, 0.3) is 5.79 Å². The molecule has 1 unspecified atom stereocenters. The maximum atomic E-state index is 13.1. The Labute approximate surface area is 249 Å². The lowest BCUT2D eigenvalue weighted by atomic mass is 9.88. The van der Waals surface area contributed by atoms with E-state index in [9.17, 15) is 14.7 Å². The van der Waals surface area contributed by atoms with Gasteiger partial charge in [0, 0.05) is 23.1 Å². The van der Waals surface area contributed by atoms with Crippen LogP contribution in [0.15, 0.2) is 90.5 Å². The minimum Gasteiger partial charge on any atom is -0.454 e. The molecule has 10 nitrogen and oxygen atoms in total. The molecule has 0 fully saturated rings. The van der Waals surface area contributed by atoms with Crippen LogP contribution >= 0.6 is 11.7 Å². The Morgan fingerprint density at radius 1 is 0.791 bits per heavy atom. The van der Waals surface area contributed by atoms with Gasteiger partial charge in [0.15, 0.2) is 23.0 Å². The Kier molecular flexibility index (Phi) is 6.72. The molecule has 0 amide bonds. The largest absolute Gasteiger partial charge is 0.454 e. The van der Waals surface area contributed by atoms with Crippen LogP contribution < -0.4 is 18.9 Å². The van der Waals surface area contributed by atoms with Gasteiger partial charge in [-0.15, -0.1) is 0 Å². The van der Waals surface area contributed by atoms with Crippen LogP contribution in [0.25, 0.3) is 16.6 Å². The van der Waals surface area contributed by atoms with E-state index in [1.54, 1.807) is 54.6 Å². The van der Waals surface area contributed by atoms with Crippen LogP contribution in [0.2, 0.25) is 0 Å². The summed E-state index contributed by atoms with van der Waals surface area (Å²) in [5.74, 6) is 0.175. The molecular formula is C32H22N2O8S. The van der Waals surface area contributed by atoms with Gasteiger partial charge in [-0.2, -0.15) is 8.75 Å². The molecule has 0 saturated heterocycles. The molecule has 0 spiro atoms. The number of rotatable bonds is 5. The average molecular weight is 595 g/mol. The van der Waals surface area contributed by atoms with Gasteiger partial charge in [-0.3, -0.25) is 4.79 Å². The number of aldehydes is 1. The summed E-state index contributed by atoms with van der Waals surface area (Å²) in [6.45, 7) is 0.418. The van der Waals surface area contributed by atoms with Crippen molar-refractivity contribution in [3.05, 3.63) is 113 Å². The molecule has 214 valence electrons. The number of benzene rings is 4. The normalized spacial score (nSPS) is 17.9. The predicted octanol–water partition coefficient (Wildman–Crippen LogP) is 5.05. The minimum absolute atomic E-state index is 0.171. The highest BCUT2D eigenvalue weighted by atomic mass is 32.1. The van der Waals surface area contributed by atoms with Gasteiger partial charge in [0.05, 0.1) is 17.3 Å². The number of hydrogen-bond acceptors (Lipinski definition) is 11. The van der Waals surface area contributed by atoms with Crippen LogP contribution in [0, 0.1) is 0 Å². The lowest BCUT2D eigenvalue weighted by Crippen LogP contribution is -2.29. The van der Waals surface area contributed by atoms with E-state index in [-0.39, 0.29) is 20.0 Å². The highest BCUT2D eigenvalue weighted by molar-refractivity contribution is 7.00. The third-order valence-electron chi connectivity index (χ3n) is 7.21. The molecule has 0 bridgehead atoms. The Balaban J connectivity index is 0.000000229. The summed E-state index contributed by atoms with van der Waals surface area (Å²) in [5.41, 5.74) is 4.78. The van der Waals surface area contributed by atoms with Crippen LogP contribution in [0.4, 0.5) is 0 Å². The van der Waals surface area contributed by atoms with Crippen molar-refractivity contribution >= 4 is 40.6 Å². The fourth-order valence-electron chi connectivity index (χ4n) is 5.12. The first kappa shape index (κ1) is 26.6. The zero-order chi connectivity index (χ0) is 29.4. The van der Waals surface area contributed by atoms with E-state index in [0.29, 0.717) is 56.4 Å². The molecule has 8 rings (SSSR count). The topological polar surface area (TPSA) is 126 Å². The first-order valence-corrected chi connectivity index (χ1v) is 14.0. The van der Waals surface area contributed by atoms with E-state index in [2.05, 4.69) is 8.75 Å². The Bertz CT molecular complexity index is 1900. The van der Waals surface area contributed by atoms with Crippen LogP contribution in [0.5, 0.6) is 23.0 Å². The molecule has 5 aromatic rings. The lowest BCUT2D eigenvalue weighted by molar-refractivity contribution is -0.185. The molecule has 0 saturated carbocycles. The zero-order valence-corrected chi connectivity index (χ0v) is 23.2. The Hall–Kier alpha value is -5.26. The predicted molar refractivity (Wildman–Crippen MR) is 155 cm³/mol. The van der Waals surface area contributed by atoms with Crippen molar-refractivity contribution in [2.75, 3.05) is 13.6 Å². The number of carbonyl (C=O) groups is 2. The van der Waals surface area contributed by atoms with Crippen molar-refractivity contribution in [1.29, 1.82) is 0 Å². The lowest BCUT2D eigenvalue weighted by Gasteiger charge is -2.25. The first-order valence-electron chi connectivity index (χ1n) is 13.2. The number of nitrogens with zero attached hydrogens (tertiary/aromatic N) is 2. The van der Waals surface area contributed by atoms with Crippen LogP contribution in [0.3, 0.4) is 0 Å². The van der Waals surface area contributed by atoms with Gasteiger partial charge in [0.2, 0.25) is 13.6 Å². The Morgan fingerprint density at radius 3 is 2.26 bits per heavy atom. The second kappa shape index (κ2) is 10.9. The van der Waals surface area contributed by atoms with Crippen molar-refractivity contribution in [2.45, 2.75) is 12.2 Å². The fourth-order valence-corrected chi connectivity index (χ4v) is 5.63. The minimum atomic E-state index is -1.89. The molecule has 1 atom stereocenters. The maximum Gasteiger partial charge on any atom is 0.342 e. The quantitative estimate of drug-likeness (QED) is 0.218. The zero-order valence-electron chi connectivity index (χ0n) is 22.4. The number of aliphatic hydroxyl groups is 1. The second-order valence-electron chi connectivity index (χ2n) is 9.82. The molecule has 4 aromatic carbocycles. The van der Waals surface area contributed by atoms with E-state index < -0.39 is 11.8 Å². The molecule has 3 aliphatic rings. The van der Waals surface area contributed by atoms with Crippen molar-refractivity contribution < 1.29 is 38.4 Å². The molecule has 3 aliphatic heterocycles. The highest BCUT2D eigenvalue weighted by Gasteiger charge is 2.48.